The van der Waals surface area contributed by atoms with Crippen LogP contribution in [-0.4, -0.2) is 18.2 Å². The molecule has 1 aromatic carbocycles. The van der Waals surface area contributed by atoms with E-state index in [1.54, 1.807) is 0 Å². The lowest BCUT2D eigenvalue weighted by molar-refractivity contribution is 0.0477. The van der Waals surface area contributed by atoms with Crippen molar-refractivity contribution in [2.24, 2.45) is 5.92 Å². The second kappa shape index (κ2) is 5.89. The number of amides is 1. The first-order valence-electron chi connectivity index (χ1n) is 6.64. The van der Waals surface area contributed by atoms with Crippen LogP contribution in [-0.2, 0) is 11.2 Å². The minimum atomic E-state index is -0.271. The average molecular weight is 247 g/mol. The number of carbonyl (C=O) groups is 1. The van der Waals surface area contributed by atoms with E-state index in [9.17, 15) is 4.79 Å². The molecule has 0 saturated carbocycles. The van der Waals surface area contributed by atoms with Gasteiger partial charge in [-0.3, -0.25) is 0 Å². The van der Waals surface area contributed by atoms with E-state index < -0.39 is 0 Å². The standard InChI is InChI=1S/C15H21NO2/c1-11(2)8-14-10-13(16-15(17)18-14)9-12-6-4-3-5-7-12/h3-7,11,13-14H,8-10H2,1-2H3,(H,16,17)/t13-,14+/m1/s1. The Morgan fingerprint density at radius 3 is 2.72 bits per heavy atom. The third kappa shape index (κ3) is 3.76. The van der Waals surface area contributed by atoms with Crippen LogP contribution in [0.15, 0.2) is 30.3 Å². The van der Waals surface area contributed by atoms with E-state index in [1.165, 1.54) is 5.56 Å². The number of cyclic esters (lactones) is 1. The number of benzene rings is 1. The van der Waals surface area contributed by atoms with Crippen molar-refractivity contribution in [3.63, 3.8) is 0 Å². The summed E-state index contributed by atoms with van der Waals surface area (Å²) in [6, 6.07) is 10.5. The number of carbonyl (C=O) groups excluding carboxylic acids is 1. The lowest BCUT2D eigenvalue weighted by Gasteiger charge is -2.31. The molecule has 1 aliphatic heterocycles. The zero-order chi connectivity index (χ0) is 13.0. The molecule has 0 spiro atoms. The number of hydrogen-bond donors (Lipinski definition) is 1. The van der Waals surface area contributed by atoms with E-state index in [2.05, 4.69) is 31.3 Å². The zero-order valence-corrected chi connectivity index (χ0v) is 11.1. The molecular formula is C15H21NO2. The van der Waals surface area contributed by atoms with Gasteiger partial charge >= 0.3 is 6.09 Å². The van der Waals surface area contributed by atoms with Crippen LogP contribution < -0.4 is 5.32 Å². The molecule has 98 valence electrons. The predicted molar refractivity (Wildman–Crippen MR) is 71.4 cm³/mol. The average Bonchev–Trinajstić information content (AvgIpc) is 2.28. The Hall–Kier alpha value is -1.51. The Morgan fingerprint density at radius 1 is 1.33 bits per heavy atom. The summed E-state index contributed by atoms with van der Waals surface area (Å²) in [6.45, 7) is 4.31. The summed E-state index contributed by atoms with van der Waals surface area (Å²) in [5, 5.41) is 2.91. The number of hydrogen-bond acceptors (Lipinski definition) is 2. The Balaban J connectivity index is 1.94. The molecule has 1 N–H and O–H groups in total. The van der Waals surface area contributed by atoms with Crippen LogP contribution in [0.3, 0.4) is 0 Å². The lowest BCUT2D eigenvalue weighted by atomic mass is 9.95. The Morgan fingerprint density at radius 2 is 2.06 bits per heavy atom. The van der Waals surface area contributed by atoms with E-state index in [0.717, 1.165) is 19.3 Å². The molecule has 3 nitrogen and oxygen atoms in total. The molecule has 1 amide bonds. The van der Waals surface area contributed by atoms with Gasteiger partial charge in [0.05, 0.1) is 0 Å². The van der Waals surface area contributed by atoms with E-state index in [4.69, 9.17) is 4.74 Å². The summed E-state index contributed by atoms with van der Waals surface area (Å²) in [7, 11) is 0. The van der Waals surface area contributed by atoms with Crippen molar-refractivity contribution in [1.29, 1.82) is 0 Å². The smallest absolute Gasteiger partial charge is 0.407 e. The fourth-order valence-corrected chi connectivity index (χ4v) is 2.48. The van der Waals surface area contributed by atoms with Gasteiger partial charge < -0.3 is 10.1 Å². The Kier molecular flexibility index (Phi) is 4.24. The normalized spacial score (nSPS) is 23.6. The van der Waals surface area contributed by atoms with Gasteiger partial charge in [0.2, 0.25) is 0 Å². The van der Waals surface area contributed by atoms with Gasteiger partial charge in [-0.25, -0.2) is 4.79 Å². The molecule has 0 aromatic heterocycles. The summed E-state index contributed by atoms with van der Waals surface area (Å²) in [5.41, 5.74) is 1.26. The van der Waals surface area contributed by atoms with Gasteiger partial charge in [-0.05, 0) is 24.3 Å². The maximum absolute atomic E-state index is 11.5. The van der Waals surface area contributed by atoms with Crippen LogP contribution in [0.25, 0.3) is 0 Å². The van der Waals surface area contributed by atoms with Gasteiger partial charge in [0.1, 0.15) is 6.10 Å². The summed E-state index contributed by atoms with van der Waals surface area (Å²) in [6.07, 6.45) is 2.52. The molecule has 0 aliphatic carbocycles. The molecule has 2 atom stereocenters. The third-order valence-electron chi connectivity index (χ3n) is 3.20. The van der Waals surface area contributed by atoms with Crippen LogP contribution in [0, 0.1) is 5.92 Å². The van der Waals surface area contributed by atoms with Crippen molar-refractivity contribution in [3.8, 4) is 0 Å². The summed E-state index contributed by atoms with van der Waals surface area (Å²) < 4.78 is 5.32. The molecule has 1 saturated heterocycles. The Labute approximate surface area is 109 Å². The van der Waals surface area contributed by atoms with E-state index in [1.807, 2.05) is 18.2 Å². The first-order valence-corrected chi connectivity index (χ1v) is 6.64. The van der Waals surface area contributed by atoms with Gasteiger partial charge in [0, 0.05) is 12.5 Å². The van der Waals surface area contributed by atoms with Crippen molar-refractivity contribution in [3.05, 3.63) is 35.9 Å². The molecular weight excluding hydrogens is 226 g/mol. The molecule has 18 heavy (non-hydrogen) atoms. The van der Waals surface area contributed by atoms with Crippen LogP contribution in [0.4, 0.5) is 4.79 Å². The Bertz CT molecular complexity index is 389. The van der Waals surface area contributed by atoms with Crippen molar-refractivity contribution in [2.75, 3.05) is 0 Å². The second-order valence-electron chi connectivity index (χ2n) is 5.42. The van der Waals surface area contributed by atoms with Crippen LogP contribution in [0.2, 0.25) is 0 Å². The molecule has 0 bridgehead atoms. The molecule has 1 fully saturated rings. The molecule has 1 aromatic rings. The zero-order valence-electron chi connectivity index (χ0n) is 11.1. The van der Waals surface area contributed by atoms with E-state index >= 15 is 0 Å². The van der Waals surface area contributed by atoms with Crippen LogP contribution in [0.1, 0.15) is 32.3 Å². The fraction of sp³-hybridized carbons (Fsp3) is 0.533. The topological polar surface area (TPSA) is 38.3 Å². The number of nitrogens with one attached hydrogen (secondary N) is 1. The second-order valence-corrected chi connectivity index (χ2v) is 5.42. The maximum atomic E-state index is 11.5. The SMILES string of the molecule is CC(C)C[C@H]1C[C@@H](Cc2ccccc2)NC(=O)O1. The van der Waals surface area contributed by atoms with Gasteiger partial charge in [-0.15, -0.1) is 0 Å². The van der Waals surface area contributed by atoms with Crippen LogP contribution >= 0.6 is 0 Å². The largest absolute Gasteiger partial charge is 0.446 e. The molecule has 1 aliphatic rings. The van der Waals surface area contributed by atoms with Crippen molar-refractivity contribution in [1.82, 2.24) is 5.32 Å². The molecule has 3 heteroatoms. The number of ether oxygens (including phenoxy) is 1. The van der Waals surface area contributed by atoms with Gasteiger partial charge in [-0.1, -0.05) is 44.2 Å². The monoisotopic (exact) mass is 247 g/mol. The predicted octanol–water partition coefficient (Wildman–Crippen LogP) is 3.14. The van der Waals surface area contributed by atoms with E-state index in [0.29, 0.717) is 5.92 Å². The van der Waals surface area contributed by atoms with Gasteiger partial charge in [0.15, 0.2) is 0 Å². The first kappa shape index (κ1) is 12.9. The van der Waals surface area contributed by atoms with Crippen LogP contribution in [0.5, 0.6) is 0 Å². The highest BCUT2D eigenvalue weighted by Crippen LogP contribution is 2.19. The molecule has 2 rings (SSSR count). The van der Waals surface area contributed by atoms with Gasteiger partial charge in [0.25, 0.3) is 0 Å². The first-order chi connectivity index (χ1) is 8.63. The summed E-state index contributed by atoms with van der Waals surface area (Å²) in [4.78, 5) is 11.5. The maximum Gasteiger partial charge on any atom is 0.407 e. The summed E-state index contributed by atoms with van der Waals surface area (Å²) >= 11 is 0. The molecule has 1 heterocycles. The minimum Gasteiger partial charge on any atom is -0.446 e. The highest BCUT2D eigenvalue weighted by atomic mass is 16.6. The highest BCUT2D eigenvalue weighted by Gasteiger charge is 2.28. The van der Waals surface area contributed by atoms with E-state index in [-0.39, 0.29) is 18.2 Å². The molecule has 0 unspecified atom stereocenters. The van der Waals surface area contributed by atoms with Crippen molar-refractivity contribution < 1.29 is 9.53 Å². The van der Waals surface area contributed by atoms with Gasteiger partial charge in [-0.2, -0.15) is 0 Å². The number of alkyl carbamates (subject to hydrolysis) is 1. The lowest BCUT2D eigenvalue weighted by Crippen LogP contribution is -2.46. The number of rotatable bonds is 4. The minimum absolute atomic E-state index is 0.0625. The third-order valence-corrected chi connectivity index (χ3v) is 3.20. The highest BCUT2D eigenvalue weighted by molar-refractivity contribution is 5.68. The summed E-state index contributed by atoms with van der Waals surface area (Å²) in [5.74, 6) is 0.554. The van der Waals surface area contributed by atoms with Crippen molar-refractivity contribution >= 4 is 6.09 Å². The van der Waals surface area contributed by atoms with Crippen molar-refractivity contribution in [2.45, 2.75) is 45.3 Å². The quantitative estimate of drug-likeness (QED) is 0.887. The molecule has 0 radical (unpaired) electrons. The fourth-order valence-electron chi connectivity index (χ4n) is 2.48.